The first-order chi connectivity index (χ1) is 9.28. The summed E-state index contributed by atoms with van der Waals surface area (Å²) in [6, 6.07) is 11.3. The minimum absolute atomic E-state index is 0.211. The molecule has 0 spiro atoms. The van der Waals surface area contributed by atoms with Crippen LogP contribution in [0.15, 0.2) is 30.3 Å². The van der Waals surface area contributed by atoms with Crippen LogP contribution in [0.4, 0.5) is 0 Å². The number of nitrogens with zero attached hydrogens (tertiary/aromatic N) is 1. The zero-order valence-electron chi connectivity index (χ0n) is 11.5. The molecule has 3 rings (SSSR count). The summed E-state index contributed by atoms with van der Waals surface area (Å²) in [5, 5.41) is 3.55. The molecule has 2 aliphatic rings. The Hall–Kier alpha value is -1.35. The molecule has 0 radical (unpaired) electrons. The van der Waals surface area contributed by atoms with Crippen molar-refractivity contribution in [2.24, 2.45) is 5.92 Å². The minimum Gasteiger partial charge on any atom is -0.338 e. The van der Waals surface area contributed by atoms with E-state index in [1.165, 1.54) is 18.4 Å². The van der Waals surface area contributed by atoms with Gasteiger partial charge in [-0.1, -0.05) is 30.3 Å². The molecule has 2 saturated heterocycles. The highest BCUT2D eigenvalue weighted by atomic mass is 16.2. The number of rotatable bonds is 4. The van der Waals surface area contributed by atoms with Crippen molar-refractivity contribution in [2.75, 3.05) is 6.54 Å². The Kier molecular flexibility index (Phi) is 3.56. The Morgan fingerprint density at radius 3 is 2.68 bits per heavy atom. The molecule has 2 heterocycles. The molecular formula is C16H22N2O. The van der Waals surface area contributed by atoms with Gasteiger partial charge in [-0.05, 0) is 31.7 Å². The van der Waals surface area contributed by atoms with Crippen LogP contribution in [0.2, 0.25) is 0 Å². The molecule has 0 aliphatic carbocycles. The molecule has 102 valence electrons. The summed E-state index contributed by atoms with van der Waals surface area (Å²) in [5.41, 5.74) is 1.22. The van der Waals surface area contributed by atoms with Crippen molar-refractivity contribution in [3.63, 3.8) is 0 Å². The first-order valence-electron chi connectivity index (χ1n) is 7.36. The summed E-state index contributed by atoms with van der Waals surface area (Å²) in [6.07, 6.45) is 3.46. The molecule has 1 amide bonds. The Morgan fingerprint density at radius 1 is 1.32 bits per heavy atom. The second kappa shape index (κ2) is 5.33. The molecule has 0 aromatic heterocycles. The Labute approximate surface area is 115 Å². The lowest BCUT2D eigenvalue weighted by Crippen LogP contribution is -2.40. The summed E-state index contributed by atoms with van der Waals surface area (Å²) < 4.78 is 0. The molecule has 2 fully saturated rings. The Balaban J connectivity index is 1.67. The molecule has 1 aromatic carbocycles. The fourth-order valence-electron chi connectivity index (χ4n) is 3.48. The normalized spacial score (nSPS) is 28.6. The van der Waals surface area contributed by atoms with Gasteiger partial charge in [0.25, 0.3) is 0 Å². The highest BCUT2D eigenvalue weighted by molar-refractivity contribution is 5.80. The van der Waals surface area contributed by atoms with Gasteiger partial charge in [0.2, 0.25) is 5.91 Å². The van der Waals surface area contributed by atoms with Gasteiger partial charge in [-0.25, -0.2) is 0 Å². The zero-order valence-corrected chi connectivity index (χ0v) is 11.5. The van der Waals surface area contributed by atoms with Crippen molar-refractivity contribution >= 4 is 5.91 Å². The van der Waals surface area contributed by atoms with Crippen molar-refractivity contribution in [2.45, 2.75) is 44.8 Å². The molecule has 1 N–H and O–H groups in total. The molecule has 2 aliphatic heterocycles. The van der Waals surface area contributed by atoms with Crippen LogP contribution in [0.5, 0.6) is 0 Å². The first kappa shape index (κ1) is 12.7. The third kappa shape index (κ3) is 2.52. The Morgan fingerprint density at radius 2 is 2.11 bits per heavy atom. The second-order valence-corrected chi connectivity index (χ2v) is 5.73. The number of carbonyl (C=O) groups excluding carboxylic acids is 1. The van der Waals surface area contributed by atoms with E-state index in [1.807, 2.05) is 23.1 Å². The van der Waals surface area contributed by atoms with E-state index in [-0.39, 0.29) is 5.92 Å². The Bertz CT molecular complexity index is 445. The van der Waals surface area contributed by atoms with E-state index in [4.69, 9.17) is 0 Å². The van der Waals surface area contributed by atoms with Crippen molar-refractivity contribution in [1.29, 1.82) is 0 Å². The van der Waals surface area contributed by atoms with Crippen molar-refractivity contribution in [3.8, 4) is 0 Å². The number of hydrogen-bond acceptors (Lipinski definition) is 2. The monoisotopic (exact) mass is 258 g/mol. The van der Waals surface area contributed by atoms with Crippen LogP contribution in [0.1, 0.15) is 31.7 Å². The molecule has 0 saturated carbocycles. The largest absolute Gasteiger partial charge is 0.338 e. The van der Waals surface area contributed by atoms with E-state index in [2.05, 4.69) is 24.4 Å². The van der Waals surface area contributed by atoms with Crippen molar-refractivity contribution < 1.29 is 4.79 Å². The fourth-order valence-corrected chi connectivity index (χ4v) is 3.48. The lowest BCUT2D eigenvalue weighted by Gasteiger charge is -2.28. The average Bonchev–Trinajstić information content (AvgIpc) is 3.08. The summed E-state index contributed by atoms with van der Waals surface area (Å²) in [4.78, 5) is 14.7. The van der Waals surface area contributed by atoms with E-state index >= 15 is 0 Å². The third-order valence-electron chi connectivity index (χ3n) is 4.53. The number of nitrogens with one attached hydrogen (secondary N) is 1. The second-order valence-electron chi connectivity index (χ2n) is 5.73. The lowest BCUT2D eigenvalue weighted by atomic mass is 9.88. The maximum Gasteiger partial charge on any atom is 0.227 e. The van der Waals surface area contributed by atoms with Crippen LogP contribution in [-0.2, 0) is 11.3 Å². The van der Waals surface area contributed by atoms with E-state index in [0.29, 0.717) is 18.0 Å². The average molecular weight is 258 g/mol. The van der Waals surface area contributed by atoms with E-state index in [9.17, 15) is 4.79 Å². The highest BCUT2D eigenvalue weighted by Gasteiger charge is 2.43. The van der Waals surface area contributed by atoms with E-state index in [1.54, 1.807) is 0 Å². The number of fused-ring (bicyclic) bond motifs is 2. The van der Waals surface area contributed by atoms with Crippen LogP contribution in [0.3, 0.4) is 0 Å². The number of benzene rings is 1. The predicted octanol–water partition coefficient (Wildman–Crippen LogP) is 2.18. The van der Waals surface area contributed by atoms with Gasteiger partial charge in [-0.2, -0.15) is 0 Å². The van der Waals surface area contributed by atoms with E-state index < -0.39 is 0 Å². The fraction of sp³-hybridized carbons (Fsp3) is 0.562. The molecule has 1 aromatic rings. The minimum atomic E-state index is 0.211. The van der Waals surface area contributed by atoms with Crippen LogP contribution in [-0.4, -0.2) is 29.4 Å². The number of carbonyl (C=O) groups is 1. The molecule has 3 nitrogen and oxygen atoms in total. The van der Waals surface area contributed by atoms with Gasteiger partial charge in [0.05, 0.1) is 5.92 Å². The van der Waals surface area contributed by atoms with Gasteiger partial charge < -0.3 is 10.2 Å². The topological polar surface area (TPSA) is 32.3 Å². The number of hydrogen-bond donors (Lipinski definition) is 1. The van der Waals surface area contributed by atoms with Crippen LogP contribution < -0.4 is 5.32 Å². The lowest BCUT2D eigenvalue weighted by molar-refractivity contribution is -0.136. The smallest absolute Gasteiger partial charge is 0.227 e. The van der Waals surface area contributed by atoms with Crippen molar-refractivity contribution in [1.82, 2.24) is 10.2 Å². The molecule has 2 bridgehead atoms. The predicted molar refractivity (Wildman–Crippen MR) is 75.6 cm³/mol. The van der Waals surface area contributed by atoms with Crippen LogP contribution in [0, 0.1) is 5.92 Å². The first-order valence-corrected chi connectivity index (χ1v) is 7.36. The van der Waals surface area contributed by atoms with Crippen molar-refractivity contribution in [3.05, 3.63) is 35.9 Å². The molecule has 19 heavy (non-hydrogen) atoms. The van der Waals surface area contributed by atoms with Gasteiger partial charge in [0.1, 0.15) is 0 Å². The molecular weight excluding hydrogens is 236 g/mol. The van der Waals surface area contributed by atoms with Gasteiger partial charge in [-0.15, -0.1) is 0 Å². The SMILES string of the molecule is CCN(Cc1ccccc1)C(=O)C1CC2CCC1N2. The zero-order chi connectivity index (χ0) is 13.2. The summed E-state index contributed by atoms with van der Waals surface area (Å²) >= 11 is 0. The third-order valence-corrected chi connectivity index (χ3v) is 4.53. The van der Waals surface area contributed by atoms with Gasteiger partial charge in [0, 0.05) is 25.2 Å². The van der Waals surface area contributed by atoms with Gasteiger partial charge in [0.15, 0.2) is 0 Å². The van der Waals surface area contributed by atoms with Gasteiger partial charge in [-0.3, -0.25) is 4.79 Å². The van der Waals surface area contributed by atoms with Gasteiger partial charge >= 0.3 is 0 Å². The van der Waals surface area contributed by atoms with E-state index in [0.717, 1.165) is 19.5 Å². The van der Waals surface area contributed by atoms with Crippen LogP contribution >= 0.6 is 0 Å². The number of amides is 1. The summed E-state index contributed by atoms with van der Waals surface area (Å²) in [6.45, 7) is 3.60. The maximum absolute atomic E-state index is 12.7. The highest BCUT2D eigenvalue weighted by Crippen LogP contribution is 2.34. The standard InChI is InChI=1S/C16H22N2O/c1-2-18(11-12-6-4-3-5-7-12)16(19)14-10-13-8-9-15(14)17-13/h3-7,13-15,17H,2,8-11H2,1H3. The van der Waals surface area contributed by atoms with Crippen LogP contribution in [0.25, 0.3) is 0 Å². The quantitative estimate of drug-likeness (QED) is 0.897. The molecule has 3 heteroatoms. The molecule has 3 unspecified atom stereocenters. The maximum atomic E-state index is 12.7. The molecule has 3 atom stereocenters. The summed E-state index contributed by atoms with van der Waals surface area (Å²) in [5.74, 6) is 0.550. The summed E-state index contributed by atoms with van der Waals surface area (Å²) in [7, 11) is 0.